The maximum Gasteiger partial charge on any atom is 0.344 e. The molecule has 0 radical (unpaired) electrons. The molecule has 5 rings (SSSR count). The molecule has 3 heterocycles. The second-order valence-electron chi connectivity index (χ2n) is 7.35. The van der Waals surface area contributed by atoms with E-state index in [1.807, 2.05) is 12.1 Å². The number of carbonyl (C=O) groups is 1. The van der Waals surface area contributed by atoms with Crippen molar-refractivity contribution >= 4 is 16.9 Å². The van der Waals surface area contributed by atoms with Gasteiger partial charge in [-0.05, 0) is 41.3 Å². The van der Waals surface area contributed by atoms with E-state index in [0.29, 0.717) is 12.5 Å². The number of pyridine rings is 1. The van der Waals surface area contributed by atoms with E-state index < -0.39 is 0 Å². The number of aromatic nitrogens is 2. The van der Waals surface area contributed by atoms with Gasteiger partial charge in [-0.25, -0.2) is 9.78 Å². The summed E-state index contributed by atoms with van der Waals surface area (Å²) in [4.78, 5) is 16.0. The third-order valence-corrected chi connectivity index (χ3v) is 5.56. The topological polar surface area (TPSA) is 53.4 Å². The van der Waals surface area contributed by atoms with Gasteiger partial charge in [-0.15, -0.1) is 0 Å². The normalized spacial score (nSPS) is 12.3. The van der Waals surface area contributed by atoms with Crippen molar-refractivity contribution in [3.05, 3.63) is 83.7 Å². The summed E-state index contributed by atoms with van der Waals surface area (Å²) in [5.41, 5.74) is 7.47. The van der Waals surface area contributed by atoms with Crippen molar-refractivity contribution in [3.8, 4) is 17.0 Å². The Balaban J connectivity index is 1.53. The number of rotatable bonds is 5. The summed E-state index contributed by atoms with van der Waals surface area (Å²) in [6, 6.07) is 21.2. The Hall–Kier alpha value is -3.60. The minimum atomic E-state index is -0.389. The van der Waals surface area contributed by atoms with Crippen molar-refractivity contribution in [2.75, 3.05) is 13.2 Å². The Morgan fingerprint density at radius 2 is 1.97 bits per heavy atom. The molecule has 4 aromatic rings. The number of carbonyl (C=O) groups excluding carboxylic acids is 1. The molecule has 5 heteroatoms. The van der Waals surface area contributed by atoms with Crippen LogP contribution in [-0.4, -0.2) is 28.7 Å². The first kappa shape index (κ1) is 18.4. The molecule has 0 atom stereocenters. The second kappa shape index (κ2) is 7.67. The highest BCUT2D eigenvalue weighted by Gasteiger charge is 2.22. The quantitative estimate of drug-likeness (QED) is 0.406. The number of ether oxygens (including phenoxy) is 2. The molecule has 0 amide bonds. The average molecular weight is 398 g/mol. The summed E-state index contributed by atoms with van der Waals surface area (Å²) in [7, 11) is 0. The number of esters is 1. The van der Waals surface area contributed by atoms with Crippen molar-refractivity contribution < 1.29 is 14.3 Å². The SMILES string of the molecule is CCOC(=O)COc1nccc2c1cc1n2Cc2c(cccc2-c2ccccc2)C1. The van der Waals surface area contributed by atoms with E-state index in [2.05, 4.69) is 58.1 Å². The Kier molecular flexibility index (Phi) is 4.71. The molecule has 0 saturated carbocycles. The van der Waals surface area contributed by atoms with Crippen LogP contribution in [-0.2, 0) is 22.5 Å². The minimum absolute atomic E-state index is 0.140. The molecule has 0 unspecified atom stereocenters. The number of benzene rings is 2. The van der Waals surface area contributed by atoms with E-state index in [9.17, 15) is 4.79 Å². The second-order valence-corrected chi connectivity index (χ2v) is 7.35. The molecule has 0 aliphatic carbocycles. The lowest BCUT2D eigenvalue weighted by Gasteiger charge is -2.23. The van der Waals surface area contributed by atoms with Gasteiger partial charge in [0.1, 0.15) is 0 Å². The van der Waals surface area contributed by atoms with Crippen LogP contribution in [0.25, 0.3) is 22.0 Å². The number of hydrogen-bond donors (Lipinski definition) is 0. The first-order chi connectivity index (χ1) is 14.7. The van der Waals surface area contributed by atoms with Gasteiger partial charge in [-0.3, -0.25) is 0 Å². The molecule has 0 fully saturated rings. The molecular formula is C25H22N2O3. The van der Waals surface area contributed by atoms with Gasteiger partial charge in [0.25, 0.3) is 0 Å². The number of hydrogen-bond acceptors (Lipinski definition) is 4. The largest absolute Gasteiger partial charge is 0.465 e. The third-order valence-electron chi connectivity index (χ3n) is 5.56. The molecule has 2 aromatic carbocycles. The van der Waals surface area contributed by atoms with Crippen molar-refractivity contribution in [2.45, 2.75) is 19.9 Å². The van der Waals surface area contributed by atoms with Crippen molar-refractivity contribution in [1.82, 2.24) is 9.55 Å². The fourth-order valence-corrected chi connectivity index (χ4v) is 4.22. The molecule has 1 aliphatic heterocycles. The highest BCUT2D eigenvalue weighted by atomic mass is 16.6. The van der Waals surface area contributed by atoms with Crippen LogP contribution in [0.4, 0.5) is 0 Å². The lowest BCUT2D eigenvalue weighted by molar-refractivity contribution is -0.145. The Morgan fingerprint density at radius 3 is 2.80 bits per heavy atom. The predicted octanol–water partition coefficient (Wildman–Crippen LogP) is 4.60. The number of fused-ring (bicyclic) bond motifs is 4. The first-order valence-electron chi connectivity index (χ1n) is 10.2. The van der Waals surface area contributed by atoms with Crippen molar-refractivity contribution in [3.63, 3.8) is 0 Å². The van der Waals surface area contributed by atoms with E-state index in [1.54, 1.807) is 13.1 Å². The summed E-state index contributed by atoms with van der Waals surface area (Å²) in [6.07, 6.45) is 2.58. The van der Waals surface area contributed by atoms with Crippen molar-refractivity contribution in [1.29, 1.82) is 0 Å². The monoisotopic (exact) mass is 398 g/mol. The van der Waals surface area contributed by atoms with E-state index >= 15 is 0 Å². The molecule has 2 aromatic heterocycles. The number of nitrogens with zero attached hydrogens (tertiary/aromatic N) is 2. The zero-order valence-corrected chi connectivity index (χ0v) is 16.8. The average Bonchev–Trinajstić information content (AvgIpc) is 3.14. The fraction of sp³-hybridized carbons (Fsp3) is 0.200. The highest BCUT2D eigenvalue weighted by molar-refractivity contribution is 5.87. The predicted molar refractivity (Wildman–Crippen MR) is 116 cm³/mol. The van der Waals surface area contributed by atoms with Crippen LogP contribution in [0.15, 0.2) is 66.9 Å². The smallest absolute Gasteiger partial charge is 0.344 e. The van der Waals surface area contributed by atoms with Gasteiger partial charge < -0.3 is 14.0 Å². The Bertz CT molecular complexity index is 1230. The summed E-state index contributed by atoms with van der Waals surface area (Å²) < 4.78 is 13.0. The molecule has 0 saturated heterocycles. The highest BCUT2D eigenvalue weighted by Crippen LogP contribution is 2.36. The van der Waals surface area contributed by atoms with E-state index in [0.717, 1.165) is 23.9 Å². The van der Waals surface area contributed by atoms with Crippen LogP contribution in [0.1, 0.15) is 23.7 Å². The minimum Gasteiger partial charge on any atom is -0.465 e. The van der Waals surface area contributed by atoms with Crippen LogP contribution in [0.5, 0.6) is 5.88 Å². The first-order valence-corrected chi connectivity index (χ1v) is 10.2. The van der Waals surface area contributed by atoms with E-state index in [-0.39, 0.29) is 12.6 Å². The van der Waals surface area contributed by atoms with Crippen LogP contribution in [0, 0.1) is 0 Å². The molecule has 0 N–H and O–H groups in total. The van der Waals surface area contributed by atoms with Crippen LogP contribution < -0.4 is 4.74 Å². The maximum absolute atomic E-state index is 11.7. The van der Waals surface area contributed by atoms with Crippen LogP contribution in [0.2, 0.25) is 0 Å². The van der Waals surface area contributed by atoms with E-state index in [1.165, 1.54) is 27.9 Å². The van der Waals surface area contributed by atoms with Gasteiger partial charge >= 0.3 is 5.97 Å². The molecule has 0 spiro atoms. The molecule has 150 valence electrons. The summed E-state index contributed by atoms with van der Waals surface area (Å²) >= 11 is 0. The maximum atomic E-state index is 11.7. The third kappa shape index (κ3) is 3.22. The van der Waals surface area contributed by atoms with Gasteiger partial charge in [-0.2, -0.15) is 0 Å². The molecular weight excluding hydrogens is 376 g/mol. The molecule has 5 nitrogen and oxygen atoms in total. The standard InChI is InChI=1S/C25H22N2O3/c1-2-29-24(28)16-30-25-21-14-19-13-18-9-6-10-20(17-7-4-3-5-8-17)22(18)15-27(19)23(21)11-12-26-25/h3-12,14H,2,13,15-16H2,1H3. The summed E-state index contributed by atoms with van der Waals surface area (Å²) in [6.45, 7) is 2.77. The van der Waals surface area contributed by atoms with E-state index in [4.69, 9.17) is 9.47 Å². The van der Waals surface area contributed by atoms with Gasteiger partial charge in [0, 0.05) is 24.9 Å². The van der Waals surface area contributed by atoms with Crippen LogP contribution >= 0.6 is 0 Å². The lowest BCUT2D eigenvalue weighted by Crippen LogP contribution is -2.15. The van der Waals surface area contributed by atoms with Gasteiger partial charge in [0.05, 0.1) is 17.5 Å². The molecule has 30 heavy (non-hydrogen) atoms. The van der Waals surface area contributed by atoms with Gasteiger partial charge in [0.2, 0.25) is 5.88 Å². The van der Waals surface area contributed by atoms with Gasteiger partial charge in [-0.1, -0.05) is 48.5 Å². The van der Waals surface area contributed by atoms with Crippen molar-refractivity contribution in [2.24, 2.45) is 0 Å². The molecule has 1 aliphatic rings. The molecule has 0 bridgehead atoms. The lowest BCUT2D eigenvalue weighted by atomic mass is 9.91. The van der Waals surface area contributed by atoms with Gasteiger partial charge in [0.15, 0.2) is 6.61 Å². The summed E-state index contributed by atoms with van der Waals surface area (Å²) in [5, 5.41) is 0.922. The fourth-order valence-electron chi connectivity index (χ4n) is 4.22. The van der Waals surface area contributed by atoms with Crippen LogP contribution in [0.3, 0.4) is 0 Å². The zero-order valence-electron chi connectivity index (χ0n) is 16.8. The zero-order chi connectivity index (χ0) is 20.5. The summed E-state index contributed by atoms with van der Waals surface area (Å²) in [5.74, 6) is 0.0787. The Labute approximate surface area is 174 Å². The Morgan fingerprint density at radius 1 is 1.10 bits per heavy atom.